The highest BCUT2D eigenvalue weighted by Crippen LogP contribution is 2.19. The van der Waals surface area contributed by atoms with Crippen molar-refractivity contribution in [1.29, 1.82) is 0 Å². The van der Waals surface area contributed by atoms with Crippen molar-refractivity contribution in [2.75, 3.05) is 0 Å². The Hall–Kier alpha value is -1.50. The largest absolute Gasteiger partial charge is 0.283 e. The maximum absolute atomic E-state index is 12.1. The summed E-state index contributed by atoms with van der Waals surface area (Å²) in [5.41, 5.74) is 0.879. The zero-order valence-electron chi connectivity index (χ0n) is 11.3. The SMILES string of the molecule is C/C(=N/S(=O)(=O)c1ccccc1)SC(=S)c1ccccc1. The van der Waals surface area contributed by atoms with Gasteiger partial charge in [-0.3, -0.25) is 0 Å². The molecular weight excluding hydrogens is 322 g/mol. The second-order valence-electron chi connectivity index (χ2n) is 4.15. The fourth-order valence-corrected chi connectivity index (χ4v) is 4.01. The number of nitrogens with zero attached hydrogens (tertiary/aromatic N) is 1. The van der Waals surface area contributed by atoms with Crippen LogP contribution in [0.1, 0.15) is 12.5 Å². The van der Waals surface area contributed by atoms with Crippen LogP contribution in [0.15, 0.2) is 70.0 Å². The summed E-state index contributed by atoms with van der Waals surface area (Å²) in [4.78, 5) is 0.176. The van der Waals surface area contributed by atoms with Gasteiger partial charge in [0.2, 0.25) is 0 Å². The van der Waals surface area contributed by atoms with E-state index >= 15 is 0 Å². The zero-order chi connectivity index (χ0) is 15.3. The molecular formula is C15H13NO2S3. The normalized spacial score (nSPS) is 12.1. The molecule has 0 N–H and O–H groups in total. The molecule has 21 heavy (non-hydrogen) atoms. The third-order valence-corrected chi connectivity index (χ3v) is 5.33. The molecule has 0 bridgehead atoms. The van der Waals surface area contributed by atoms with E-state index in [4.69, 9.17) is 12.2 Å². The van der Waals surface area contributed by atoms with Crippen molar-refractivity contribution in [2.24, 2.45) is 4.40 Å². The summed E-state index contributed by atoms with van der Waals surface area (Å²) in [6.45, 7) is 1.64. The van der Waals surface area contributed by atoms with E-state index in [9.17, 15) is 8.42 Å². The van der Waals surface area contributed by atoms with Crippen LogP contribution >= 0.6 is 24.0 Å². The van der Waals surface area contributed by atoms with Crippen LogP contribution in [-0.4, -0.2) is 17.7 Å². The fraction of sp³-hybridized carbons (Fsp3) is 0.0667. The summed E-state index contributed by atoms with van der Waals surface area (Å²) >= 11 is 6.47. The van der Waals surface area contributed by atoms with Gasteiger partial charge in [0.15, 0.2) is 0 Å². The number of thioether (sulfide) groups is 1. The number of rotatable bonds is 3. The van der Waals surface area contributed by atoms with Crippen molar-refractivity contribution in [1.82, 2.24) is 0 Å². The van der Waals surface area contributed by atoms with Crippen LogP contribution < -0.4 is 0 Å². The first-order valence-electron chi connectivity index (χ1n) is 6.13. The first kappa shape index (κ1) is 15.9. The van der Waals surface area contributed by atoms with Crippen LogP contribution in [0.4, 0.5) is 0 Å². The van der Waals surface area contributed by atoms with Crippen LogP contribution in [0, 0.1) is 0 Å². The van der Waals surface area contributed by atoms with E-state index in [1.807, 2.05) is 30.3 Å². The maximum atomic E-state index is 12.1. The van der Waals surface area contributed by atoms with Crippen LogP contribution in [0.5, 0.6) is 0 Å². The van der Waals surface area contributed by atoms with Crippen molar-refractivity contribution < 1.29 is 8.42 Å². The predicted octanol–water partition coefficient (Wildman–Crippen LogP) is 3.90. The Balaban J connectivity index is 2.17. The summed E-state index contributed by atoms with van der Waals surface area (Å²) in [5, 5.41) is 0.396. The molecule has 0 amide bonds. The topological polar surface area (TPSA) is 46.5 Å². The number of benzene rings is 2. The predicted molar refractivity (Wildman–Crippen MR) is 92.5 cm³/mol. The molecule has 2 aromatic rings. The molecule has 0 aliphatic heterocycles. The molecule has 0 heterocycles. The van der Waals surface area contributed by atoms with Gasteiger partial charge in [0, 0.05) is 0 Å². The lowest BCUT2D eigenvalue weighted by Crippen LogP contribution is -2.02. The fourth-order valence-electron chi connectivity index (χ4n) is 1.60. The Morgan fingerprint density at radius 3 is 2.10 bits per heavy atom. The third-order valence-electron chi connectivity index (χ3n) is 2.54. The summed E-state index contributed by atoms with van der Waals surface area (Å²) in [6, 6.07) is 17.6. The molecule has 0 fully saturated rings. The van der Waals surface area contributed by atoms with Gasteiger partial charge in [-0.2, -0.15) is 12.8 Å². The Kier molecular flexibility index (Phi) is 5.27. The van der Waals surface area contributed by atoms with E-state index in [1.165, 1.54) is 23.9 Å². The standard InChI is InChI=1S/C15H13NO2S3/c1-12(20-15(19)13-8-4-2-5-9-13)16-21(17,18)14-10-6-3-7-11-14/h2-11H,1H3/b16-12-. The lowest BCUT2D eigenvalue weighted by Gasteiger charge is -2.04. The van der Waals surface area contributed by atoms with E-state index in [0.29, 0.717) is 9.24 Å². The molecule has 6 heteroatoms. The van der Waals surface area contributed by atoms with E-state index in [0.717, 1.165) is 5.56 Å². The minimum atomic E-state index is -3.68. The Labute approximate surface area is 134 Å². The molecule has 2 aromatic carbocycles. The average molecular weight is 335 g/mol. The molecule has 2 rings (SSSR count). The van der Waals surface area contributed by atoms with Gasteiger partial charge in [-0.05, 0) is 24.6 Å². The van der Waals surface area contributed by atoms with E-state index in [2.05, 4.69) is 4.40 Å². The summed E-state index contributed by atoms with van der Waals surface area (Å²) in [6.07, 6.45) is 0. The van der Waals surface area contributed by atoms with Crippen molar-refractivity contribution in [3.8, 4) is 0 Å². The second kappa shape index (κ2) is 6.98. The van der Waals surface area contributed by atoms with E-state index in [1.54, 1.807) is 25.1 Å². The first-order valence-corrected chi connectivity index (χ1v) is 8.79. The Morgan fingerprint density at radius 1 is 1.00 bits per heavy atom. The molecule has 0 atom stereocenters. The van der Waals surface area contributed by atoms with Gasteiger partial charge >= 0.3 is 0 Å². The minimum absolute atomic E-state index is 0.176. The van der Waals surface area contributed by atoms with Crippen LogP contribution in [0.3, 0.4) is 0 Å². The molecule has 0 unspecified atom stereocenters. The average Bonchev–Trinajstić information content (AvgIpc) is 2.48. The molecule has 108 valence electrons. The van der Waals surface area contributed by atoms with E-state index < -0.39 is 10.0 Å². The molecule has 0 saturated heterocycles. The molecule has 0 aromatic heterocycles. The third kappa shape index (κ3) is 4.49. The number of thiocarbonyl (C=S) groups is 1. The van der Waals surface area contributed by atoms with Crippen molar-refractivity contribution in [3.05, 3.63) is 66.2 Å². The minimum Gasteiger partial charge on any atom is -0.199 e. The highest BCUT2D eigenvalue weighted by Gasteiger charge is 2.13. The number of hydrogen-bond donors (Lipinski definition) is 0. The molecule has 3 nitrogen and oxygen atoms in total. The van der Waals surface area contributed by atoms with Crippen molar-refractivity contribution in [2.45, 2.75) is 11.8 Å². The smallest absolute Gasteiger partial charge is 0.199 e. The number of hydrogen-bond acceptors (Lipinski definition) is 4. The Bertz CT molecular complexity index is 754. The van der Waals surface area contributed by atoms with Crippen LogP contribution in [0.25, 0.3) is 0 Å². The lowest BCUT2D eigenvalue weighted by atomic mass is 10.2. The Morgan fingerprint density at radius 2 is 1.52 bits per heavy atom. The van der Waals surface area contributed by atoms with Gasteiger partial charge in [0.1, 0.15) is 0 Å². The van der Waals surface area contributed by atoms with Gasteiger partial charge < -0.3 is 0 Å². The van der Waals surface area contributed by atoms with Crippen LogP contribution in [0.2, 0.25) is 0 Å². The van der Waals surface area contributed by atoms with Crippen molar-refractivity contribution in [3.63, 3.8) is 0 Å². The van der Waals surface area contributed by atoms with Gasteiger partial charge in [-0.25, -0.2) is 0 Å². The van der Waals surface area contributed by atoms with Crippen molar-refractivity contribution >= 4 is 43.2 Å². The quantitative estimate of drug-likeness (QED) is 0.485. The molecule has 0 radical (unpaired) electrons. The highest BCUT2D eigenvalue weighted by atomic mass is 32.2. The molecule has 0 aliphatic rings. The van der Waals surface area contributed by atoms with E-state index in [-0.39, 0.29) is 4.90 Å². The summed E-state index contributed by atoms with van der Waals surface area (Å²) in [5.74, 6) is 0. The van der Waals surface area contributed by atoms with Gasteiger partial charge in [-0.1, -0.05) is 72.5 Å². The van der Waals surface area contributed by atoms with Gasteiger partial charge in [0.25, 0.3) is 10.0 Å². The van der Waals surface area contributed by atoms with Crippen LogP contribution in [-0.2, 0) is 10.0 Å². The molecule has 0 saturated carbocycles. The zero-order valence-corrected chi connectivity index (χ0v) is 13.7. The summed E-state index contributed by atoms with van der Waals surface area (Å²) in [7, 11) is -3.68. The highest BCUT2D eigenvalue weighted by molar-refractivity contribution is 8.33. The summed E-state index contributed by atoms with van der Waals surface area (Å²) < 4.78 is 28.6. The monoisotopic (exact) mass is 335 g/mol. The van der Waals surface area contributed by atoms with Gasteiger partial charge in [0.05, 0.1) is 14.1 Å². The molecule has 0 aliphatic carbocycles. The lowest BCUT2D eigenvalue weighted by molar-refractivity contribution is 0.598. The first-order chi connectivity index (χ1) is 9.99. The number of sulfonamides is 1. The molecule has 0 spiro atoms. The van der Waals surface area contributed by atoms with Gasteiger partial charge in [-0.15, -0.1) is 0 Å². The maximum Gasteiger partial charge on any atom is 0.283 e. The second-order valence-corrected chi connectivity index (χ2v) is 7.63.